The van der Waals surface area contributed by atoms with E-state index in [2.05, 4.69) is 5.10 Å². The summed E-state index contributed by atoms with van der Waals surface area (Å²) in [6.07, 6.45) is 1.64. The normalized spacial score (nSPS) is 14.2. The summed E-state index contributed by atoms with van der Waals surface area (Å²) in [6, 6.07) is 24.6. The van der Waals surface area contributed by atoms with Crippen molar-refractivity contribution >= 4 is 28.1 Å². The fourth-order valence-electron chi connectivity index (χ4n) is 3.86. The van der Waals surface area contributed by atoms with E-state index in [1.807, 2.05) is 59.5 Å². The Labute approximate surface area is 204 Å². The van der Waals surface area contributed by atoms with E-state index in [0.717, 1.165) is 11.1 Å². The van der Waals surface area contributed by atoms with Crippen LogP contribution in [-0.4, -0.2) is 38.6 Å². The smallest absolute Gasteiger partial charge is 0.316 e. The van der Waals surface area contributed by atoms with E-state index in [1.165, 1.54) is 4.68 Å². The van der Waals surface area contributed by atoms with Crippen molar-refractivity contribution in [1.29, 1.82) is 0 Å². The zero-order valence-corrected chi connectivity index (χ0v) is 19.8. The Morgan fingerprint density at radius 2 is 1.50 bits per heavy atom. The summed E-state index contributed by atoms with van der Waals surface area (Å²) >= 11 is 6.01. The molecule has 0 unspecified atom stereocenters. The van der Waals surface area contributed by atoms with Gasteiger partial charge in [0.1, 0.15) is 11.4 Å². The van der Waals surface area contributed by atoms with Crippen LogP contribution in [0.1, 0.15) is 0 Å². The average molecular weight is 492 g/mol. The summed E-state index contributed by atoms with van der Waals surface area (Å²) in [5, 5.41) is 4.97. The van der Waals surface area contributed by atoms with Crippen molar-refractivity contribution in [1.82, 2.24) is 9.78 Å². The van der Waals surface area contributed by atoms with Gasteiger partial charge in [0.05, 0.1) is 11.9 Å². The van der Waals surface area contributed by atoms with E-state index in [1.54, 1.807) is 30.5 Å². The summed E-state index contributed by atoms with van der Waals surface area (Å²) in [5.74, 6) is 1.83. The maximum absolute atomic E-state index is 13.5. The van der Waals surface area contributed by atoms with Gasteiger partial charge in [-0.05, 0) is 47.5 Å². The second-order valence-corrected chi connectivity index (χ2v) is 10.0. The first-order valence-electron chi connectivity index (χ1n) is 10.9. The Bertz CT molecular complexity index is 1360. The molecular formula is C26H22ClN3O3S. The lowest BCUT2D eigenvalue weighted by atomic mass is 10.1. The Morgan fingerprint density at radius 3 is 2.18 bits per heavy atom. The highest BCUT2D eigenvalue weighted by Gasteiger charge is 2.23. The molecule has 34 heavy (non-hydrogen) atoms. The maximum Gasteiger partial charge on any atom is 0.316 e. The third-order valence-corrected chi connectivity index (χ3v) is 7.21. The van der Waals surface area contributed by atoms with Crippen LogP contribution in [0.5, 0.6) is 11.5 Å². The molecule has 1 aliphatic rings. The first-order valence-corrected chi connectivity index (χ1v) is 12.8. The second kappa shape index (κ2) is 9.83. The SMILES string of the molecule is O=c1c(Oc2ccc(-c3ccccc3)cc2)c(N2CCS(=O)CC2)cnn1-c1ccc(Cl)cc1. The van der Waals surface area contributed by atoms with Crippen LogP contribution in [0.15, 0.2) is 89.9 Å². The average Bonchev–Trinajstić information content (AvgIpc) is 2.87. The fourth-order valence-corrected chi connectivity index (χ4v) is 5.04. The van der Waals surface area contributed by atoms with Crippen molar-refractivity contribution in [2.75, 3.05) is 29.5 Å². The fraction of sp³-hybridized carbons (Fsp3) is 0.154. The van der Waals surface area contributed by atoms with Gasteiger partial charge in [0.15, 0.2) is 0 Å². The summed E-state index contributed by atoms with van der Waals surface area (Å²) < 4.78 is 19.3. The highest BCUT2D eigenvalue weighted by atomic mass is 35.5. The molecule has 6 nitrogen and oxygen atoms in total. The Hall–Kier alpha value is -3.42. The molecule has 0 spiro atoms. The molecule has 0 radical (unpaired) electrons. The van der Waals surface area contributed by atoms with Gasteiger partial charge in [0.2, 0.25) is 5.75 Å². The minimum atomic E-state index is -0.841. The molecule has 0 aliphatic carbocycles. The topological polar surface area (TPSA) is 64.4 Å². The van der Waals surface area contributed by atoms with E-state index in [-0.39, 0.29) is 11.3 Å². The maximum atomic E-state index is 13.5. The van der Waals surface area contributed by atoms with Gasteiger partial charge in [-0.2, -0.15) is 9.78 Å². The molecule has 0 atom stereocenters. The molecule has 1 fully saturated rings. The highest BCUT2D eigenvalue weighted by Crippen LogP contribution is 2.31. The molecule has 3 aromatic carbocycles. The van der Waals surface area contributed by atoms with Crippen LogP contribution in [0.3, 0.4) is 0 Å². The van der Waals surface area contributed by atoms with Crippen molar-refractivity contribution in [2.45, 2.75) is 0 Å². The minimum absolute atomic E-state index is 0.185. The molecule has 0 saturated carbocycles. The van der Waals surface area contributed by atoms with Crippen molar-refractivity contribution < 1.29 is 8.95 Å². The molecule has 4 aromatic rings. The zero-order valence-electron chi connectivity index (χ0n) is 18.3. The predicted octanol–water partition coefficient (Wildman–Crippen LogP) is 4.91. The standard InChI is InChI=1S/C26H22ClN3O3S/c27-21-8-10-22(11-9-21)30-26(31)25(24(18-28-30)29-14-16-34(32)17-15-29)33-23-12-6-20(7-13-23)19-4-2-1-3-5-19/h1-13,18H,14-17H2. The van der Waals surface area contributed by atoms with Crippen LogP contribution in [0.4, 0.5) is 5.69 Å². The van der Waals surface area contributed by atoms with Gasteiger partial charge in [-0.1, -0.05) is 54.1 Å². The van der Waals surface area contributed by atoms with E-state index < -0.39 is 10.8 Å². The third-order valence-electron chi connectivity index (χ3n) is 5.69. The van der Waals surface area contributed by atoms with Gasteiger partial charge in [-0.15, -0.1) is 0 Å². The molecule has 1 aliphatic heterocycles. The second-order valence-electron chi connectivity index (χ2n) is 7.88. The molecular weight excluding hydrogens is 470 g/mol. The van der Waals surface area contributed by atoms with Gasteiger partial charge in [0.25, 0.3) is 0 Å². The molecule has 8 heteroatoms. The molecule has 1 saturated heterocycles. The first kappa shape index (κ1) is 22.4. The van der Waals surface area contributed by atoms with Crippen molar-refractivity contribution in [3.63, 3.8) is 0 Å². The number of benzene rings is 3. The van der Waals surface area contributed by atoms with E-state index in [0.29, 0.717) is 46.7 Å². The van der Waals surface area contributed by atoms with E-state index >= 15 is 0 Å². The number of hydrogen-bond donors (Lipinski definition) is 0. The Morgan fingerprint density at radius 1 is 0.853 bits per heavy atom. The number of rotatable bonds is 5. The monoisotopic (exact) mass is 491 g/mol. The summed E-state index contributed by atoms with van der Waals surface area (Å²) in [6.45, 7) is 1.14. The Balaban J connectivity index is 1.52. The van der Waals surface area contributed by atoms with E-state index in [9.17, 15) is 9.00 Å². The van der Waals surface area contributed by atoms with Crippen LogP contribution >= 0.6 is 11.6 Å². The number of nitrogens with zero attached hydrogens (tertiary/aromatic N) is 3. The summed E-state index contributed by atoms with van der Waals surface area (Å²) in [5.41, 5.74) is 2.97. The van der Waals surface area contributed by atoms with Crippen molar-refractivity contribution in [2.24, 2.45) is 0 Å². The van der Waals surface area contributed by atoms with Crippen molar-refractivity contribution in [3.8, 4) is 28.3 Å². The van der Waals surface area contributed by atoms with Gasteiger partial charge in [-0.25, -0.2) is 0 Å². The van der Waals surface area contributed by atoms with Gasteiger partial charge in [-0.3, -0.25) is 9.00 Å². The lowest BCUT2D eigenvalue weighted by molar-refractivity contribution is 0.466. The molecule has 5 rings (SSSR count). The summed E-state index contributed by atoms with van der Waals surface area (Å²) in [4.78, 5) is 15.5. The lowest BCUT2D eigenvalue weighted by Crippen LogP contribution is -2.39. The third kappa shape index (κ3) is 4.76. The molecule has 2 heterocycles. The quantitative estimate of drug-likeness (QED) is 0.396. The van der Waals surface area contributed by atoms with Crippen LogP contribution in [0.25, 0.3) is 16.8 Å². The zero-order chi connectivity index (χ0) is 23.5. The van der Waals surface area contributed by atoms with Crippen LogP contribution in [-0.2, 0) is 10.8 Å². The van der Waals surface area contributed by atoms with Gasteiger partial charge in [0, 0.05) is 40.4 Å². The molecule has 0 amide bonds. The number of ether oxygens (including phenoxy) is 1. The molecule has 1 aromatic heterocycles. The predicted molar refractivity (Wildman–Crippen MR) is 137 cm³/mol. The number of hydrogen-bond acceptors (Lipinski definition) is 5. The lowest BCUT2D eigenvalue weighted by Gasteiger charge is -2.29. The van der Waals surface area contributed by atoms with Crippen LogP contribution < -0.4 is 15.2 Å². The highest BCUT2D eigenvalue weighted by molar-refractivity contribution is 7.85. The largest absolute Gasteiger partial charge is 0.449 e. The van der Waals surface area contributed by atoms with Gasteiger partial charge < -0.3 is 9.64 Å². The first-order chi connectivity index (χ1) is 16.6. The van der Waals surface area contributed by atoms with Crippen molar-refractivity contribution in [3.05, 3.63) is 100 Å². The summed E-state index contributed by atoms with van der Waals surface area (Å²) in [7, 11) is -0.841. The number of halogens is 1. The minimum Gasteiger partial charge on any atom is -0.449 e. The number of aromatic nitrogens is 2. The van der Waals surface area contributed by atoms with E-state index in [4.69, 9.17) is 16.3 Å². The van der Waals surface area contributed by atoms with Gasteiger partial charge >= 0.3 is 5.56 Å². The Kier molecular flexibility index (Phi) is 6.47. The number of anilines is 1. The van der Waals surface area contributed by atoms with Crippen LogP contribution in [0, 0.1) is 0 Å². The molecule has 0 N–H and O–H groups in total. The molecule has 0 bridgehead atoms. The molecule has 172 valence electrons. The van der Waals surface area contributed by atoms with Crippen LogP contribution in [0.2, 0.25) is 5.02 Å².